The van der Waals surface area contributed by atoms with Crippen molar-refractivity contribution in [3.63, 3.8) is 0 Å². The van der Waals surface area contributed by atoms with Crippen LogP contribution in [0, 0.1) is 0 Å². The molecule has 1 saturated heterocycles. The second kappa shape index (κ2) is 5.29. The topological polar surface area (TPSA) is 24.6 Å². The van der Waals surface area contributed by atoms with Gasteiger partial charge in [0.15, 0.2) is 0 Å². The molecular formula is C13H19NO. The average Bonchev–Trinajstić information content (AvgIpc) is 3.05. The summed E-state index contributed by atoms with van der Waals surface area (Å²) in [6.45, 7) is 4.20. The number of hydrogen-bond donors (Lipinski definition) is 1. The zero-order valence-corrected chi connectivity index (χ0v) is 9.28. The second-order valence-corrected chi connectivity index (χ2v) is 4.07. The van der Waals surface area contributed by atoms with Crippen LogP contribution >= 0.6 is 0 Å². The summed E-state index contributed by atoms with van der Waals surface area (Å²) in [5, 5.41) is 3.44. The molecule has 0 aromatic heterocycles. The van der Waals surface area contributed by atoms with Crippen molar-refractivity contribution in [1.29, 1.82) is 0 Å². The minimum atomic E-state index is 0.526. The molecule has 1 aliphatic rings. The molecule has 2 nitrogen and oxygen atoms in total. The van der Waals surface area contributed by atoms with Crippen LogP contribution in [0.3, 0.4) is 0 Å². The molecule has 0 spiro atoms. The summed E-state index contributed by atoms with van der Waals surface area (Å²) in [5.74, 6) is 0. The summed E-state index contributed by atoms with van der Waals surface area (Å²) in [5.41, 5.74) is 1.35. The van der Waals surface area contributed by atoms with Gasteiger partial charge in [0, 0.05) is 6.54 Å². The first kappa shape index (κ1) is 10.7. The lowest BCUT2D eigenvalue weighted by molar-refractivity contribution is 0.357. The first-order valence-corrected chi connectivity index (χ1v) is 5.80. The Bertz CT molecular complexity index is 286. The second-order valence-electron chi connectivity index (χ2n) is 4.07. The zero-order chi connectivity index (χ0) is 10.5. The summed E-state index contributed by atoms with van der Waals surface area (Å²) in [6, 6.07) is 10.5. The van der Waals surface area contributed by atoms with Gasteiger partial charge in [-0.25, -0.2) is 0 Å². The first-order chi connectivity index (χ1) is 7.40. The van der Waals surface area contributed by atoms with Crippen molar-refractivity contribution in [2.45, 2.75) is 38.5 Å². The van der Waals surface area contributed by atoms with E-state index in [4.69, 9.17) is 4.74 Å². The van der Waals surface area contributed by atoms with Crippen molar-refractivity contribution in [3.05, 3.63) is 35.9 Å². The van der Waals surface area contributed by atoms with Gasteiger partial charge in [-0.2, -0.15) is 0 Å². The Balaban J connectivity index is 1.56. The van der Waals surface area contributed by atoms with Gasteiger partial charge in [0.2, 0.25) is 0 Å². The molecule has 1 aromatic carbocycles. The number of hydrogen-bond acceptors (Lipinski definition) is 2. The molecule has 15 heavy (non-hydrogen) atoms. The number of ether oxygens (including phenoxy) is 1. The standard InChI is InChI=1S/C13H19NO/c1-2-12-13(15-12)8-9-14-10-11-6-4-3-5-7-11/h3-7,12-14H,2,8-10H2,1H3/t12-,13+/m0/s1. The highest BCUT2D eigenvalue weighted by atomic mass is 16.6. The van der Waals surface area contributed by atoms with Crippen LogP contribution in [0.5, 0.6) is 0 Å². The maximum atomic E-state index is 5.48. The fourth-order valence-corrected chi connectivity index (χ4v) is 1.87. The zero-order valence-electron chi connectivity index (χ0n) is 9.28. The molecule has 82 valence electrons. The third-order valence-electron chi connectivity index (χ3n) is 2.87. The maximum Gasteiger partial charge on any atom is 0.0853 e. The summed E-state index contributed by atoms with van der Waals surface area (Å²) in [4.78, 5) is 0. The Morgan fingerprint density at radius 1 is 1.20 bits per heavy atom. The van der Waals surface area contributed by atoms with Crippen LogP contribution in [-0.2, 0) is 11.3 Å². The van der Waals surface area contributed by atoms with Gasteiger partial charge in [-0.05, 0) is 24.9 Å². The van der Waals surface area contributed by atoms with E-state index in [1.807, 2.05) is 6.07 Å². The highest BCUT2D eigenvalue weighted by molar-refractivity contribution is 5.14. The Kier molecular flexibility index (Phi) is 3.75. The molecule has 1 aliphatic heterocycles. The smallest absolute Gasteiger partial charge is 0.0853 e. The van der Waals surface area contributed by atoms with Gasteiger partial charge in [0.05, 0.1) is 12.2 Å². The highest BCUT2D eigenvalue weighted by Gasteiger charge is 2.35. The van der Waals surface area contributed by atoms with E-state index in [0.29, 0.717) is 12.2 Å². The molecule has 0 bridgehead atoms. The third-order valence-corrected chi connectivity index (χ3v) is 2.87. The lowest BCUT2D eigenvalue weighted by Crippen LogP contribution is -2.16. The van der Waals surface area contributed by atoms with Crippen molar-refractivity contribution in [1.82, 2.24) is 5.32 Å². The number of rotatable bonds is 6. The number of nitrogens with one attached hydrogen (secondary N) is 1. The van der Waals surface area contributed by atoms with Gasteiger partial charge in [-0.1, -0.05) is 37.3 Å². The monoisotopic (exact) mass is 205 g/mol. The Hall–Kier alpha value is -0.860. The van der Waals surface area contributed by atoms with E-state index in [9.17, 15) is 0 Å². The van der Waals surface area contributed by atoms with Crippen LogP contribution in [0.25, 0.3) is 0 Å². The van der Waals surface area contributed by atoms with Gasteiger partial charge in [0.1, 0.15) is 0 Å². The van der Waals surface area contributed by atoms with Crippen molar-refractivity contribution >= 4 is 0 Å². The molecule has 1 N–H and O–H groups in total. The normalized spacial score (nSPS) is 24.1. The largest absolute Gasteiger partial charge is 0.370 e. The van der Waals surface area contributed by atoms with Crippen LogP contribution in [-0.4, -0.2) is 18.8 Å². The van der Waals surface area contributed by atoms with Crippen LogP contribution in [0.15, 0.2) is 30.3 Å². The molecule has 0 aliphatic carbocycles. The molecule has 2 atom stereocenters. The van der Waals surface area contributed by atoms with Gasteiger partial charge in [0.25, 0.3) is 0 Å². The minimum absolute atomic E-state index is 0.526. The van der Waals surface area contributed by atoms with Crippen molar-refractivity contribution in [2.24, 2.45) is 0 Å². The molecule has 0 amide bonds. The molecule has 2 rings (SSSR count). The summed E-state index contributed by atoms with van der Waals surface area (Å²) < 4.78 is 5.48. The van der Waals surface area contributed by atoms with E-state index in [1.54, 1.807) is 0 Å². The molecule has 2 heteroatoms. The first-order valence-electron chi connectivity index (χ1n) is 5.80. The predicted octanol–water partition coefficient (Wildman–Crippen LogP) is 2.34. The lowest BCUT2D eigenvalue weighted by Gasteiger charge is -2.02. The van der Waals surface area contributed by atoms with E-state index in [1.165, 1.54) is 5.56 Å². The Morgan fingerprint density at radius 3 is 2.67 bits per heavy atom. The maximum absolute atomic E-state index is 5.48. The minimum Gasteiger partial charge on any atom is -0.370 e. The SMILES string of the molecule is CC[C@@H]1O[C@@H]1CCNCc1ccccc1. The molecular weight excluding hydrogens is 186 g/mol. The molecule has 0 radical (unpaired) electrons. The fraction of sp³-hybridized carbons (Fsp3) is 0.538. The van der Waals surface area contributed by atoms with E-state index in [-0.39, 0.29) is 0 Å². The van der Waals surface area contributed by atoms with E-state index < -0.39 is 0 Å². The van der Waals surface area contributed by atoms with Crippen molar-refractivity contribution in [3.8, 4) is 0 Å². The average molecular weight is 205 g/mol. The Morgan fingerprint density at radius 2 is 2.00 bits per heavy atom. The molecule has 1 heterocycles. The molecule has 0 unspecified atom stereocenters. The summed E-state index contributed by atoms with van der Waals surface area (Å²) in [7, 11) is 0. The summed E-state index contributed by atoms with van der Waals surface area (Å²) >= 11 is 0. The number of benzene rings is 1. The molecule has 0 saturated carbocycles. The van der Waals surface area contributed by atoms with Crippen LogP contribution < -0.4 is 5.32 Å². The van der Waals surface area contributed by atoms with Gasteiger partial charge in [-0.3, -0.25) is 0 Å². The van der Waals surface area contributed by atoms with Gasteiger partial charge < -0.3 is 10.1 Å². The summed E-state index contributed by atoms with van der Waals surface area (Å²) in [6.07, 6.45) is 3.37. The quantitative estimate of drug-likeness (QED) is 0.569. The van der Waals surface area contributed by atoms with Crippen molar-refractivity contribution in [2.75, 3.05) is 6.54 Å². The van der Waals surface area contributed by atoms with E-state index >= 15 is 0 Å². The van der Waals surface area contributed by atoms with E-state index in [0.717, 1.165) is 25.9 Å². The van der Waals surface area contributed by atoms with Crippen LogP contribution in [0.1, 0.15) is 25.3 Å². The lowest BCUT2D eigenvalue weighted by atomic mass is 10.2. The number of epoxide rings is 1. The Labute approximate surface area is 91.6 Å². The van der Waals surface area contributed by atoms with Crippen molar-refractivity contribution < 1.29 is 4.74 Å². The third kappa shape index (κ3) is 3.33. The van der Waals surface area contributed by atoms with Crippen LogP contribution in [0.4, 0.5) is 0 Å². The van der Waals surface area contributed by atoms with Gasteiger partial charge in [-0.15, -0.1) is 0 Å². The molecule has 1 aromatic rings. The predicted molar refractivity (Wildman–Crippen MR) is 61.7 cm³/mol. The molecule has 1 fully saturated rings. The van der Waals surface area contributed by atoms with E-state index in [2.05, 4.69) is 36.5 Å². The fourth-order valence-electron chi connectivity index (χ4n) is 1.87. The van der Waals surface area contributed by atoms with Crippen LogP contribution in [0.2, 0.25) is 0 Å². The highest BCUT2D eigenvalue weighted by Crippen LogP contribution is 2.27. The van der Waals surface area contributed by atoms with Gasteiger partial charge >= 0.3 is 0 Å².